The third kappa shape index (κ3) is 4.71. The number of hydrogen-bond donors (Lipinski definition) is 2. The van der Waals surface area contributed by atoms with Gasteiger partial charge in [0.15, 0.2) is 6.10 Å². The number of carboxylic acid groups (broad SMARTS) is 1. The normalized spacial score (nSPS) is 11.8. The Balaban J connectivity index is 2.63. The fraction of sp³-hybridized carbons (Fsp3) is 0.385. The van der Waals surface area contributed by atoms with Gasteiger partial charge in [-0.1, -0.05) is 11.6 Å². The van der Waals surface area contributed by atoms with Crippen molar-refractivity contribution in [1.82, 2.24) is 5.32 Å². The molecule has 1 aromatic rings. The van der Waals surface area contributed by atoms with Gasteiger partial charge in [0.1, 0.15) is 5.75 Å². The van der Waals surface area contributed by atoms with Crippen molar-refractivity contribution < 1.29 is 24.2 Å². The smallest absolute Gasteiger partial charge is 0.335 e. The number of carboxylic acids is 1. The summed E-state index contributed by atoms with van der Waals surface area (Å²) >= 11 is 5.91. The highest BCUT2D eigenvalue weighted by Crippen LogP contribution is 2.26. The van der Waals surface area contributed by atoms with Gasteiger partial charge in [0.2, 0.25) is 0 Å². The number of hydrogen-bond acceptors (Lipinski definition) is 4. The summed E-state index contributed by atoms with van der Waals surface area (Å²) in [4.78, 5) is 22.4. The first kappa shape index (κ1) is 16.3. The molecule has 0 aliphatic rings. The molecule has 1 atom stereocenters. The monoisotopic (exact) mass is 301 g/mol. The van der Waals surface area contributed by atoms with Crippen LogP contribution in [0.2, 0.25) is 5.02 Å². The van der Waals surface area contributed by atoms with Crippen molar-refractivity contribution in [2.75, 3.05) is 20.3 Å². The van der Waals surface area contributed by atoms with Crippen LogP contribution < -0.4 is 10.1 Å². The maximum Gasteiger partial charge on any atom is 0.335 e. The number of carbonyl (C=O) groups excluding carboxylic acids is 1. The molecule has 0 unspecified atom stereocenters. The van der Waals surface area contributed by atoms with Crippen LogP contribution in [0.1, 0.15) is 17.3 Å². The summed E-state index contributed by atoms with van der Waals surface area (Å²) in [6.07, 6.45) is -0.750. The summed E-state index contributed by atoms with van der Waals surface area (Å²) in [6, 6.07) is 4.05. The first-order valence-electron chi connectivity index (χ1n) is 5.92. The van der Waals surface area contributed by atoms with Gasteiger partial charge in [-0.15, -0.1) is 0 Å². The van der Waals surface area contributed by atoms with E-state index in [1.54, 1.807) is 6.92 Å². The van der Waals surface area contributed by atoms with Crippen molar-refractivity contribution in [3.05, 3.63) is 28.8 Å². The number of carbonyl (C=O) groups is 2. The Morgan fingerprint density at radius 1 is 1.45 bits per heavy atom. The van der Waals surface area contributed by atoms with Gasteiger partial charge in [0.25, 0.3) is 5.91 Å². The lowest BCUT2D eigenvalue weighted by Gasteiger charge is -2.15. The summed E-state index contributed by atoms with van der Waals surface area (Å²) in [5, 5.41) is 11.6. The van der Waals surface area contributed by atoms with Crippen LogP contribution in [-0.4, -0.2) is 43.3 Å². The van der Waals surface area contributed by atoms with Crippen molar-refractivity contribution in [3.63, 3.8) is 0 Å². The molecular formula is C13H16ClNO5. The number of nitrogens with one attached hydrogen (secondary N) is 1. The Labute approximate surface area is 121 Å². The van der Waals surface area contributed by atoms with E-state index in [9.17, 15) is 9.59 Å². The number of amides is 1. The van der Waals surface area contributed by atoms with E-state index >= 15 is 0 Å². The largest absolute Gasteiger partial charge is 0.479 e. The molecule has 0 bridgehead atoms. The predicted octanol–water partition coefficient (Wildman–Crippen LogP) is 1.57. The maximum atomic E-state index is 11.7. The first-order valence-corrected chi connectivity index (χ1v) is 6.29. The van der Waals surface area contributed by atoms with Crippen LogP contribution >= 0.6 is 11.6 Å². The Hall–Kier alpha value is -1.79. The number of benzene rings is 1. The van der Waals surface area contributed by atoms with Crippen LogP contribution in [0, 0.1) is 0 Å². The molecule has 20 heavy (non-hydrogen) atoms. The summed E-state index contributed by atoms with van der Waals surface area (Å²) in [7, 11) is 1.54. The van der Waals surface area contributed by atoms with Crippen molar-refractivity contribution in [2.45, 2.75) is 13.0 Å². The molecule has 0 spiro atoms. The van der Waals surface area contributed by atoms with E-state index in [1.165, 1.54) is 25.3 Å². The van der Waals surface area contributed by atoms with Crippen LogP contribution in [0.25, 0.3) is 0 Å². The third-order valence-electron chi connectivity index (χ3n) is 2.46. The highest BCUT2D eigenvalue weighted by Gasteiger charge is 2.16. The van der Waals surface area contributed by atoms with Crippen molar-refractivity contribution in [3.8, 4) is 5.75 Å². The van der Waals surface area contributed by atoms with E-state index in [0.29, 0.717) is 13.2 Å². The van der Waals surface area contributed by atoms with E-state index in [0.717, 1.165) is 0 Å². The summed E-state index contributed by atoms with van der Waals surface area (Å²) in [5.41, 5.74) is 0.0551. The molecule has 0 radical (unpaired) electrons. The lowest BCUT2D eigenvalue weighted by Crippen LogP contribution is -2.37. The number of halogens is 1. The molecule has 0 heterocycles. The van der Waals surface area contributed by atoms with Crippen molar-refractivity contribution >= 4 is 23.5 Å². The molecule has 0 aliphatic heterocycles. The number of rotatable bonds is 7. The van der Waals surface area contributed by atoms with Gasteiger partial charge in [0, 0.05) is 13.7 Å². The molecule has 1 aromatic carbocycles. The van der Waals surface area contributed by atoms with Crippen LogP contribution in [0.4, 0.5) is 0 Å². The van der Waals surface area contributed by atoms with Crippen LogP contribution in [0.5, 0.6) is 5.75 Å². The Morgan fingerprint density at radius 3 is 2.70 bits per heavy atom. The average molecular weight is 302 g/mol. The van der Waals surface area contributed by atoms with E-state index in [2.05, 4.69) is 5.32 Å². The minimum atomic E-state index is -1.08. The van der Waals surface area contributed by atoms with Crippen LogP contribution in [0.15, 0.2) is 18.2 Å². The average Bonchev–Trinajstić information content (AvgIpc) is 2.40. The molecule has 1 rings (SSSR count). The molecular weight excluding hydrogens is 286 g/mol. The summed E-state index contributed by atoms with van der Waals surface area (Å²) in [5.74, 6) is -1.13. The highest BCUT2D eigenvalue weighted by atomic mass is 35.5. The quantitative estimate of drug-likeness (QED) is 0.747. The van der Waals surface area contributed by atoms with Crippen molar-refractivity contribution in [1.29, 1.82) is 0 Å². The van der Waals surface area contributed by atoms with E-state index < -0.39 is 12.1 Å². The van der Waals surface area contributed by atoms with Gasteiger partial charge in [-0.3, -0.25) is 4.79 Å². The van der Waals surface area contributed by atoms with Crippen molar-refractivity contribution in [2.24, 2.45) is 0 Å². The fourth-order valence-corrected chi connectivity index (χ4v) is 1.62. The molecule has 0 fully saturated rings. The topological polar surface area (TPSA) is 84.9 Å². The molecule has 2 N–H and O–H groups in total. The predicted molar refractivity (Wildman–Crippen MR) is 73.4 cm³/mol. The molecule has 0 saturated heterocycles. The molecule has 6 nitrogen and oxygen atoms in total. The minimum absolute atomic E-state index is 0.0551. The van der Waals surface area contributed by atoms with Gasteiger partial charge in [-0.05, 0) is 25.1 Å². The Morgan fingerprint density at radius 2 is 2.15 bits per heavy atom. The summed E-state index contributed by atoms with van der Waals surface area (Å²) < 4.78 is 10.2. The number of aromatic carboxylic acids is 1. The van der Waals surface area contributed by atoms with Gasteiger partial charge < -0.3 is 19.9 Å². The zero-order chi connectivity index (χ0) is 15.1. The fourth-order valence-electron chi connectivity index (χ4n) is 1.39. The molecule has 0 saturated carbocycles. The lowest BCUT2D eigenvalue weighted by atomic mass is 10.2. The van der Waals surface area contributed by atoms with E-state index in [4.69, 9.17) is 26.2 Å². The Bertz CT molecular complexity index is 492. The van der Waals surface area contributed by atoms with Gasteiger partial charge in [0.05, 0.1) is 17.2 Å². The second-order valence-electron chi connectivity index (χ2n) is 3.99. The molecule has 110 valence electrons. The Kier molecular flexibility index (Phi) is 6.27. The maximum absolute atomic E-state index is 11.7. The molecule has 0 aliphatic carbocycles. The van der Waals surface area contributed by atoms with Crippen LogP contribution in [0.3, 0.4) is 0 Å². The highest BCUT2D eigenvalue weighted by molar-refractivity contribution is 6.32. The van der Waals surface area contributed by atoms with Gasteiger partial charge in [-0.2, -0.15) is 0 Å². The minimum Gasteiger partial charge on any atom is -0.479 e. The second kappa shape index (κ2) is 7.72. The molecule has 1 amide bonds. The van der Waals surface area contributed by atoms with Gasteiger partial charge >= 0.3 is 5.97 Å². The lowest BCUT2D eigenvalue weighted by molar-refractivity contribution is -0.127. The third-order valence-corrected chi connectivity index (χ3v) is 2.75. The van der Waals surface area contributed by atoms with E-state index in [-0.39, 0.29) is 22.2 Å². The first-order chi connectivity index (χ1) is 9.45. The SMILES string of the molecule is COCCNC(=O)[C@H](C)Oc1ccc(C(=O)O)cc1Cl. The zero-order valence-electron chi connectivity index (χ0n) is 11.2. The van der Waals surface area contributed by atoms with Gasteiger partial charge in [-0.25, -0.2) is 4.79 Å². The second-order valence-corrected chi connectivity index (χ2v) is 4.40. The number of ether oxygens (including phenoxy) is 2. The molecule has 0 aromatic heterocycles. The zero-order valence-corrected chi connectivity index (χ0v) is 11.9. The molecule has 7 heteroatoms. The summed E-state index contributed by atoms with van der Waals surface area (Å²) in [6.45, 7) is 2.37. The van der Waals surface area contributed by atoms with Crippen LogP contribution in [-0.2, 0) is 9.53 Å². The standard InChI is InChI=1S/C13H16ClNO5/c1-8(12(16)15-5-6-19-2)20-11-4-3-9(13(17)18)7-10(11)14/h3-4,7-8H,5-6H2,1-2H3,(H,15,16)(H,17,18)/t8-/m0/s1. The van der Waals surface area contributed by atoms with E-state index in [1.807, 2.05) is 0 Å². The number of methoxy groups -OCH3 is 1.